The zero-order valence-electron chi connectivity index (χ0n) is 11.8. The van der Waals surface area contributed by atoms with Gasteiger partial charge in [-0.05, 0) is 30.9 Å². The van der Waals surface area contributed by atoms with E-state index >= 15 is 0 Å². The summed E-state index contributed by atoms with van der Waals surface area (Å²) in [6.07, 6.45) is 0. The van der Waals surface area contributed by atoms with Crippen LogP contribution in [0.1, 0.15) is 18.1 Å². The minimum atomic E-state index is -0.496. The molecule has 0 spiro atoms. The van der Waals surface area contributed by atoms with Gasteiger partial charge in [-0.2, -0.15) is 0 Å². The minimum absolute atomic E-state index is 0.0884. The summed E-state index contributed by atoms with van der Waals surface area (Å²) < 4.78 is 0. The Morgan fingerprint density at radius 3 is 2.58 bits per heavy atom. The zero-order valence-corrected chi connectivity index (χ0v) is 11.8. The topological polar surface area (TPSA) is 52.6 Å². The van der Waals surface area contributed by atoms with Crippen molar-refractivity contribution in [1.82, 2.24) is 5.32 Å². The second kappa shape index (κ2) is 5.61. The largest absolute Gasteiger partial charge is 0.394 e. The van der Waals surface area contributed by atoms with Crippen molar-refractivity contribution >= 4 is 11.6 Å². The van der Waals surface area contributed by atoms with Crippen LogP contribution >= 0.6 is 0 Å². The van der Waals surface area contributed by atoms with E-state index in [2.05, 4.69) is 17.1 Å². The summed E-state index contributed by atoms with van der Waals surface area (Å²) in [7, 11) is 0. The highest BCUT2D eigenvalue weighted by Gasteiger charge is 2.31. The Bertz CT molecular complexity index is 453. The average Bonchev–Trinajstić information content (AvgIpc) is 2.49. The first-order valence-corrected chi connectivity index (χ1v) is 6.76. The quantitative estimate of drug-likeness (QED) is 0.843. The Balaban J connectivity index is 2.46. The molecule has 0 bridgehead atoms. The number of nitrogens with one attached hydrogen (secondary N) is 1. The number of aliphatic hydroxyl groups is 1. The Hall–Kier alpha value is -1.55. The number of rotatable bonds is 2. The number of aryl methyl sites for hydroxylation is 2. The van der Waals surface area contributed by atoms with Crippen LogP contribution in [0.25, 0.3) is 0 Å². The van der Waals surface area contributed by atoms with E-state index in [0.29, 0.717) is 12.5 Å². The van der Waals surface area contributed by atoms with Crippen LogP contribution in [-0.2, 0) is 4.79 Å². The first-order valence-electron chi connectivity index (χ1n) is 6.76. The van der Waals surface area contributed by atoms with E-state index < -0.39 is 6.04 Å². The van der Waals surface area contributed by atoms with Gasteiger partial charge in [0, 0.05) is 18.8 Å². The SMILES string of the molecule is Cc1cccc(C)c1N1CC(C)CNC(=O)C1CO. The van der Waals surface area contributed by atoms with E-state index in [1.54, 1.807) is 0 Å². The van der Waals surface area contributed by atoms with E-state index in [1.165, 1.54) is 0 Å². The molecule has 4 heteroatoms. The lowest BCUT2D eigenvalue weighted by Crippen LogP contribution is -2.47. The van der Waals surface area contributed by atoms with E-state index in [-0.39, 0.29) is 12.5 Å². The van der Waals surface area contributed by atoms with Crippen molar-refractivity contribution in [2.24, 2.45) is 5.92 Å². The zero-order chi connectivity index (χ0) is 14.0. The van der Waals surface area contributed by atoms with Crippen LogP contribution in [-0.4, -0.2) is 36.8 Å². The third-order valence-corrected chi connectivity index (χ3v) is 3.71. The summed E-state index contributed by atoms with van der Waals surface area (Å²) in [5.41, 5.74) is 3.35. The highest BCUT2D eigenvalue weighted by molar-refractivity contribution is 5.86. The summed E-state index contributed by atoms with van der Waals surface area (Å²) in [6.45, 7) is 7.48. The Labute approximate surface area is 114 Å². The number of anilines is 1. The highest BCUT2D eigenvalue weighted by Crippen LogP contribution is 2.28. The first kappa shape index (κ1) is 13.9. The second-order valence-corrected chi connectivity index (χ2v) is 5.44. The van der Waals surface area contributed by atoms with Crippen molar-refractivity contribution in [3.63, 3.8) is 0 Å². The van der Waals surface area contributed by atoms with E-state index in [4.69, 9.17) is 0 Å². The van der Waals surface area contributed by atoms with Gasteiger partial charge in [0.05, 0.1) is 6.61 Å². The van der Waals surface area contributed by atoms with E-state index in [0.717, 1.165) is 23.4 Å². The average molecular weight is 262 g/mol. The Morgan fingerprint density at radius 1 is 1.37 bits per heavy atom. The molecule has 2 atom stereocenters. The summed E-state index contributed by atoms with van der Waals surface area (Å²) in [5, 5.41) is 12.5. The molecule has 2 rings (SSSR count). The van der Waals surface area contributed by atoms with Gasteiger partial charge in [-0.1, -0.05) is 25.1 Å². The molecule has 2 N–H and O–H groups in total. The Kier molecular flexibility index (Phi) is 4.10. The van der Waals surface area contributed by atoms with Crippen LogP contribution in [0, 0.1) is 19.8 Å². The molecule has 0 saturated carbocycles. The standard InChI is InChI=1S/C15H22N2O2/c1-10-7-16-15(19)13(9-18)17(8-10)14-11(2)5-4-6-12(14)3/h4-6,10,13,18H,7-9H2,1-3H3,(H,16,19). The van der Waals surface area contributed by atoms with Crippen LogP contribution in [0.2, 0.25) is 0 Å². The van der Waals surface area contributed by atoms with E-state index in [1.807, 2.05) is 32.0 Å². The molecule has 4 nitrogen and oxygen atoms in total. The highest BCUT2D eigenvalue weighted by atomic mass is 16.3. The van der Waals surface area contributed by atoms with Gasteiger partial charge in [0.15, 0.2) is 0 Å². The number of carbonyl (C=O) groups excluding carboxylic acids is 1. The molecule has 1 saturated heterocycles. The molecule has 1 fully saturated rings. The smallest absolute Gasteiger partial charge is 0.245 e. The monoisotopic (exact) mass is 262 g/mol. The van der Waals surface area contributed by atoms with Crippen molar-refractivity contribution in [1.29, 1.82) is 0 Å². The fourth-order valence-electron chi connectivity index (χ4n) is 2.75. The van der Waals surface area contributed by atoms with Crippen LogP contribution in [0.4, 0.5) is 5.69 Å². The molecular formula is C15H22N2O2. The number of nitrogens with zero attached hydrogens (tertiary/aromatic N) is 1. The van der Waals surface area contributed by atoms with Crippen LogP contribution in [0.15, 0.2) is 18.2 Å². The molecule has 2 unspecified atom stereocenters. The number of para-hydroxylation sites is 1. The summed E-state index contributed by atoms with van der Waals surface area (Å²) >= 11 is 0. The van der Waals surface area contributed by atoms with Gasteiger partial charge in [-0.3, -0.25) is 4.79 Å². The molecule has 1 amide bonds. The van der Waals surface area contributed by atoms with Gasteiger partial charge in [0.25, 0.3) is 0 Å². The lowest BCUT2D eigenvalue weighted by molar-refractivity contribution is -0.122. The molecule has 0 radical (unpaired) electrons. The van der Waals surface area contributed by atoms with Crippen LogP contribution in [0.5, 0.6) is 0 Å². The van der Waals surface area contributed by atoms with Crippen molar-refractivity contribution in [3.8, 4) is 0 Å². The minimum Gasteiger partial charge on any atom is -0.394 e. The lowest BCUT2D eigenvalue weighted by atomic mass is 10.0. The molecule has 104 valence electrons. The molecule has 0 aromatic heterocycles. The summed E-state index contributed by atoms with van der Waals surface area (Å²) in [6, 6.07) is 5.61. The van der Waals surface area contributed by atoms with Gasteiger partial charge in [0.2, 0.25) is 5.91 Å². The maximum absolute atomic E-state index is 12.1. The maximum atomic E-state index is 12.1. The third kappa shape index (κ3) is 2.73. The predicted molar refractivity (Wildman–Crippen MR) is 76.3 cm³/mol. The van der Waals surface area contributed by atoms with Crippen LogP contribution in [0.3, 0.4) is 0 Å². The van der Waals surface area contributed by atoms with Crippen molar-refractivity contribution < 1.29 is 9.90 Å². The fourth-order valence-corrected chi connectivity index (χ4v) is 2.75. The molecule has 1 heterocycles. The number of amides is 1. The molecule has 1 aliphatic rings. The van der Waals surface area contributed by atoms with Gasteiger partial charge < -0.3 is 15.3 Å². The summed E-state index contributed by atoms with van der Waals surface area (Å²) in [5.74, 6) is 0.272. The van der Waals surface area contributed by atoms with Gasteiger partial charge in [-0.25, -0.2) is 0 Å². The second-order valence-electron chi connectivity index (χ2n) is 5.44. The van der Waals surface area contributed by atoms with E-state index in [9.17, 15) is 9.90 Å². The van der Waals surface area contributed by atoms with Gasteiger partial charge in [0.1, 0.15) is 6.04 Å². The number of hydrogen-bond acceptors (Lipinski definition) is 3. The number of carbonyl (C=O) groups is 1. The maximum Gasteiger partial charge on any atom is 0.245 e. The molecule has 1 aliphatic heterocycles. The van der Waals surface area contributed by atoms with Gasteiger partial charge in [-0.15, -0.1) is 0 Å². The number of aliphatic hydroxyl groups excluding tert-OH is 1. The van der Waals surface area contributed by atoms with Gasteiger partial charge >= 0.3 is 0 Å². The number of benzene rings is 1. The molecule has 1 aromatic carbocycles. The predicted octanol–water partition coefficient (Wildman–Crippen LogP) is 1.24. The summed E-state index contributed by atoms with van der Waals surface area (Å²) in [4.78, 5) is 14.1. The number of hydrogen-bond donors (Lipinski definition) is 2. The third-order valence-electron chi connectivity index (χ3n) is 3.71. The normalized spacial score (nSPS) is 24.0. The van der Waals surface area contributed by atoms with Crippen LogP contribution < -0.4 is 10.2 Å². The molecule has 1 aromatic rings. The van der Waals surface area contributed by atoms with Crippen molar-refractivity contribution in [3.05, 3.63) is 29.3 Å². The van der Waals surface area contributed by atoms with Crippen molar-refractivity contribution in [2.45, 2.75) is 26.8 Å². The molecular weight excluding hydrogens is 240 g/mol. The fraction of sp³-hybridized carbons (Fsp3) is 0.533. The molecule has 19 heavy (non-hydrogen) atoms. The Morgan fingerprint density at radius 2 is 2.00 bits per heavy atom. The van der Waals surface area contributed by atoms with Crippen molar-refractivity contribution in [2.75, 3.05) is 24.6 Å². The molecule has 0 aliphatic carbocycles. The lowest BCUT2D eigenvalue weighted by Gasteiger charge is -2.33. The first-order chi connectivity index (χ1) is 9.04.